The summed E-state index contributed by atoms with van der Waals surface area (Å²) in [5, 5.41) is 43.6. The van der Waals surface area contributed by atoms with Crippen molar-refractivity contribution in [2.75, 3.05) is 26.4 Å². The summed E-state index contributed by atoms with van der Waals surface area (Å²) < 4.78 is 15.4. The van der Waals surface area contributed by atoms with Crippen molar-refractivity contribution in [1.82, 2.24) is 10.6 Å². The molecule has 0 aromatic heterocycles. The Morgan fingerprint density at radius 1 is 1.07 bits per heavy atom. The fourth-order valence-electron chi connectivity index (χ4n) is 2.64. The van der Waals surface area contributed by atoms with Gasteiger partial charge in [-0.3, -0.25) is 4.79 Å². The number of alkyl carbamates (subject to hydrolysis) is 1. The Labute approximate surface area is 170 Å². The van der Waals surface area contributed by atoms with Crippen LogP contribution in [0.3, 0.4) is 0 Å². The molecule has 6 N–H and O–H groups in total. The Balaban J connectivity index is 2.12. The third kappa shape index (κ3) is 9.70. The van der Waals surface area contributed by atoms with Crippen LogP contribution in [-0.2, 0) is 19.0 Å². The van der Waals surface area contributed by atoms with Gasteiger partial charge >= 0.3 is 6.09 Å². The monoisotopic (exact) mass is 422 g/mol. The van der Waals surface area contributed by atoms with E-state index in [1.807, 2.05) is 0 Å². The Morgan fingerprint density at radius 2 is 1.76 bits per heavy atom. The number of ether oxygens (including phenoxy) is 3. The molecular weight excluding hydrogens is 388 g/mol. The molecule has 1 saturated heterocycles. The molecule has 1 fully saturated rings. The number of hydrogen-bond acceptors (Lipinski definition) is 9. The van der Waals surface area contributed by atoms with E-state index in [0.29, 0.717) is 32.6 Å². The summed E-state index contributed by atoms with van der Waals surface area (Å²) in [6.45, 7) is 5.78. The van der Waals surface area contributed by atoms with E-state index in [1.165, 1.54) is 0 Å². The molecule has 170 valence electrons. The molecule has 11 heteroatoms. The van der Waals surface area contributed by atoms with Crippen molar-refractivity contribution >= 4 is 12.0 Å². The Bertz CT molecular complexity index is 512. The zero-order valence-corrected chi connectivity index (χ0v) is 17.2. The molecule has 0 aromatic rings. The van der Waals surface area contributed by atoms with Crippen LogP contribution >= 0.6 is 0 Å². The van der Waals surface area contributed by atoms with E-state index >= 15 is 0 Å². The zero-order chi connectivity index (χ0) is 22.0. The summed E-state index contributed by atoms with van der Waals surface area (Å²) in [6, 6.07) is -1.18. The summed E-state index contributed by atoms with van der Waals surface area (Å²) in [7, 11) is 0. The first-order chi connectivity index (χ1) is 13.5. The van der Waals surface area contributed by atoms with Gasteiger partial charge < -0.3 is 45.3 Å². The molecule has 1 rings (SSSR count). The third-order valence-electron chi connectivity index (χ3n) is 4.08. The Kier molecular flexibility index (Phi) is 10.8. The normalized spacial score (nSPS) is 27.3. The second kappa shape index (κ2) is 12.3. The van der Waals surface area contributed by atoms with Crippen LogP contribution in [0.1, 0.15) is 40.0 Å². The second-order valence-corrected chi connectivity index (χ2v) is 7.82. The van der Waals surface area contributed by atoms with Crippen LogP contribution in [0.4, 0.5) is 4.79 Å². The van der Waals surface area contributed by atoms with E-state index in [4.69, 9.17) is 19.3 Å². The van der Waals surface area contributed by atoms with E-state index in [2.05, 4.69) is 10.6 Å². The molecule has 5 atom stereocenters. The smallest absolute Gasteiger partial charge is 0.407 e. The van der Waals surface area contributed by atoms with Gasteiger partial charge in [0.25, 0.3) is 0 Å². The lowest BCUT2D eigenvalue weighted by Gasteiger charge is -2.40. The summed E-state index contributed by atoms with van der Waals surface area (Å²) >= 11 is 0. The van der Waals surface area contributed by atoms with Gasteiger partial charge in [-0.1, -0.05) is 0 Å². The molecule has 1 aliphatic rings. The summed E-state index contributed by atoms with van der Waals surface area (Å²) in [6.07, 6.45) is -4.80. The number of aliphatic hydroxyl groups excluding tert-OH is 4. The summed E-state index contributed by atoms with van der Waals surface area (Å²) in [4.78, 5) is 23.4. The number of hydrogen-bond donors (Lipinski definition) is 6. The summed E-state index contributed by atoms with van der Waals surface area (Å²) in [5.41, 5.74) is -0.556. The molecule has 0 spiro atoms. The lowest BCUT2D eigenvalue weighted by atomic mass is 9.97. The first-order valence-corrected chi connectivity index (χ1v) is 9.69. The minimum Gasteiger partial charge on any atom is -0.444 e. The molecule has 0 aliphatic carbocycles. The van der Waals surface area contributed by atoms with Crippen LogP contribution in [0.2, 0.25) is 0 Å². The number of carbonyl (C=O) groups excluding carboxylic acids is 2. The molecule has 2 unspecified atom stereocenters. The predicted molar refractivity (Wildman–Crippen MR) is 101 cm³/mol. The molecule has 0 saturated carbocycles. The predicted octanol–water partition coefficient (Wildman–Crippen LogP) is -1.39. The number of amides is 2. The number of nitrogens with one attached hydrogen (secondary N) is 2. The quantitative estimate of drug-likeness (QED) is 0.232. The van der Waals surface area contributed by atoms with Gasteiger partial charge in [0.2, 0.25) is 5.91 Å². The molecule has 1 heterocycles. The maximum Gasteiger partial charge on any atom is 0.407 e. The molecule has 29 heavy (non-hydrogen) atoms. The summed E-state index contributed by atoms with van der Waals surface area (Å²) in [5.74, 6) is -0.419. The number of carbonyl (C=O) groups is 2. The van der Waals surface area contributed by atoms with Gasteiger partial charge in [0, 0.05) is 19.6 Å². The van der Waals surface area contributed by atoms with Crippen LogP contribution in [-0.4, -0.2) is 95.0 Å². The maximum absolute atomic E-state index is 12.0. The Morgan fingerprint density at radius 3 is 2.38 bits per heavy atom. The van der Waals surface area contributed by atoms with Gasteiger partial charge in [-0.05, 0) is 33.6 Å². The van der Waals surface area contributed by atoms with Crippen LogP contribution in [0.25, 0.3) is 0 Å². The molecule has 1 aliphatic heterocycles. The fraction of sp³-hybridized carbons (Fsp3) is 0.889. The van der Waals surface area contributed by atoms with E-state index in [9.17, 15) is 24.9 Å². The van der Waals surface area contributed by atoms with Crippen LogP contribution in [0, 0.1) is 0 Å². The SMILES string of the molecule is CC(C)(C)OC(=O)NCCOCCCCC(=O)NC1[C@H](O)OC(CO)[C@@H](O)[C@@H]1O. The van der Waals surface area contributed by atoms with E-state index in [1.54, 1.807) is 20.8 Å². The molecule has 11 nitrogen and oxygen atoms in total. The largest absolute Gasteiger partial charge is 0.444 e. The van der Waals surface area contributed by atoms with E-state index in [0.717, 1.165) is 0 Å². The van der Waals surface area contributed by atoms with Gasteiger partial charge in [0.15, 0.2) is 6.29 Å². The van der Waals surface area contributed by atoms with Gasteiger partial charge in [0.1, 0.15) is 30.0 Å². The topological polar surface area (TPSA) is 167 Å². The average Bonchev–Trinajstić information content (AvgIpc) is 2.62. The number of unbranched alkanes of at least 4 members (excludes halogenated alkanes) is 1. The molecular formula is C18H34N2O9. The third-order valence-corrected chi connectivity index (χ3v) is 4.08. The van der Waals surface area contributed by atoms with E-state index < -0.39 is 54.9 Å². The van der Waals surface area contributed by atoms with Crippen molar-refractivity contribution < 1.29 is 44.2 Å². The minimum absolute atomic E-state index is 0.134. The first-order valence-electron chi connectivity index (χ1n) is 9.69. The van der Waals surface area contributed by atoms with Crippen molar-refractivity contribution in [3.05, 3.63) is 0 Å². The first kappa shape index (κ1) is 25.5. The van der Waals surface area contributed by atoms with Crippen molar-refractivity contribution in [3.8, 4) is 0 Å². The lowest BCUT2D eigenvalue weighted by Crippen LogP contribution is -2.64. The maximum atomic E-state index is 12.0. The fourth-order valence-corrected chi connectivity index (χ4v) is 2.64. The highest BCUT2D eigenvalue weighted by molar-refractivity contribution is 5.76. The standard InChI is InChI=1S/C18H34N2O9/c1-18(2,3)29-17(26)19-7-9-27-8-5-4-6-12(22)20-13-15(24)14(23)11(10-21)28-16(13)25/h11,13-16,21,23-25H,4-10H2,1-3H3,(H,19,26)(H,20,22)/t11?,13?,14-,15-,16-/m1/s1. The molecule has 2 amide bonds. The van der Waals surface area contributed by atoms with Gasteiger partial charge in [0.05, 0.1) is 13.2 Å². The van der Waals surface area contributed by atoms with E-state index in [-0.39, 0.29) is 6.42 Å². The average molecular weight is 422 g/mol. The van der Waals surface area contributed by atoms with Crippen LogP contribution in [0.15, 0.2) is 0 Å². The highest BCUT2D eigenvalue weighted by Gasteiger charge is 2.44. The van der Waals surface area contributed by atoms with Gasteiger partial charge in [-0.15, -0.1) is 0 Å². The van der Waals surface area contributed by atoms with Crippen molar-refractivity contribution in [2.24, 2.45) is 0 Å². The number of aliphatic hydroxyl groups is 4. The zero-order valence-electron chi connectivity index (χ0n) is 17.2. The molecule has 0 radical (unpaired) electrons. The second-order valence-electron chi connectivity index (χ2n) is 7.82. The Hall–Kier alpha value is -1.50. The molecule has 0 bridgehead atoms. The number of rotatable bonds is 10. The van der Waals surface area contributed by atoms with Crippen molar-refractivity contribution in [2.45, 2.75) is 76.3 Å². The highest BCUT2D eigenvalue weighted by atomic mass is 16.6. The van der Waals surface area contributed by atoms with Crippen molar-refractivity contribution in [1.29, 1.82) is 0 Å². The highest BCUT2D eigenvalue weighted by Crippen LogP contribution is 2.19. The van der Waals surface area contributed by atoms with Crippen LogP contribution in [0.5, 0.6) is 0 Å². The lowest BCUT2D eigenvalue weighted by molar-refractivity contribution is -0.253. The minimum atomic E-state index is -1.53. The van der Waals surface area contributed by atoms with Gasteiger partial charge in [-0.25, -0.2) is 4.79 Å². The van der Waals surface area contributed by atoms with Crippen molar-refractivity contribution in [3.63, 3.8) is 0 Å². The van der Waals surface area contributed by atoms with Crippen LogP contribution < -0.4 is 10.6 Å². The van der Waals surface area contributed by atoms with Gasteiger partial charge in [-0.2, -0.15) is 0 Å². The molecule has 0 aromatic carbocycles.